The molecule has 2 amide bonds. The summed E-state index contributed by atoms with van der Waals surface area (Å²) in [7, 11) is 1.61. The lowest BCUT2D eigenvalue weighted by Gasteiger charge is -2.06. The van der Waals surface area contributed by atoms with Crippen LogP contribution < -0.4 is 16.0 Å². The van der Waals surface area contributed by atoms with Crippen LogP contribution in [0, 0.1) is 0 Å². The molecule has 3 N–H and O–H groups in total. The van der Waals surface area contributed by atoms with Crippen LogP contribution in [0.5, 0.6) is 0 Å². The molecule has 0 bridgehead atoms. The molecule has 1 heterocycles. The monoisotopic (exact) mass is 222 g/mol. The van der Waals surface area contributed by atoms with E-state index in [1.807, 2.05) is 18.2 Å². The molecule has 0 aliphatic carbocycles. The maximum absolute atomic E-state index is 10.8. The SMILES string of the molecule is CNC(=O)NCCCCNc1ccccn1. The Morgan fingerprint density at radius 1 is 1.31 bits per heavy atom. The number of carbonyl (C=O) groups is 1. The lowest BCUT2D eigenvalue weighted by Crippen LogP contribution is -2.33. The van der Waals surface area contributed by atoms with Crippen LogP contribution >= 0.6 is 0 Å². The van der Waals surface area contributed by atoms with E-state index in [4.69, 9.17) is 0 Å². The summed E-state index contributed by atoms with van der Waals surface area (Å²) in [4.78, 5) is 15.0. The van der Waals surface area contributed by atoms with E-state index < -0.39 is 0 Å². The fourth-order valence-electron chi connectivity index (χ4n) is 1.22. The number of nitrogens with one attached hydrogen (secondary N) is 3. The minimum atomic E-state index is -0.127. The summed E-state index contributed by atoms with van der Waals surface area (Å²) in [5, 5.41) is 8.45. The first-order chi connectivity index (χ1) is 7.83. The Bertz CT molecular complexity index is 302. The van der Waals surface area contributed by atoms with Crippen LogP contribution in [0.3, 0.4) is 0 Å². The molecule has 0 saturated heterocycles. The van der Waals surface area contributed by atoms with Crippen molar-refractivity contribution in [3.05, 3.63) is 24.4 Å². The van der Waals surface area contributed by atoms with Gasteiger partial charge in [-0.15, -0.1) is 0 Å². The summed E-state index contributed by atoms with van der Waals surface area (Å²) in [6.07, 6.45) is 3.71. The van der Waals surface area contributed by atoms with Crippen molar-refractivity contribution in [1.82, 2.24) is 15.6 Å². The first-order valence-corrected chi connectivity index (χ1v) is 5.43. The topological polar surface area (TPSA) is 66.1 Å². The van der Waals surface area contributed by atoms with Crippen LogP contribution in [0.15, 0.2) is 24.4 Å². The van der Waals surface area contributed by atoms with E-state index >= 15 is 0 Å². The van der Waals surface area contributed by atoms with Gasteiger partial charge in [-0.25, -0.2) is 9.78 Å². The Kier molecular flexibility index (Phi) is 5.76. The van der Waals surface area contributed by atoms with Gasteiger partial charge in [0.05, 0.1) is 0 Å². The molecule has 0 aromatic carbocycles. The van der Waals surface area contributed by atoms with Gasteiger partial charge in [0, 0.05) is 26.3 Å². The second-order valence-corrected chi connectivity index (χ2v) is 3.35. The lowest BCUT2D eigenvalue weighted by atomic mass is 10.3. The molecule has 0 aliphatic rings. The zero-order valence-electron chi connectivity index (χ0n) is 9.49. The summed E-state index contributed by atoms with van der Waals surface area (Å²) in [6.45, 7) is 1.57. The normalized spacial score (nSPS) is 9.56. The summed E-state index contributed by atoms with van der Waals surface area (Å²) in [6, 6.07) is 5.64. The Hall–Kier alpha value is -1.78. The van der Waals surface area contributed by atoms with Gasteiger partial charge in [-0.2, -0.15) is 0 Å². The molecule has 88 valence electrons. The minimum absolute atomic E-state index is 0.127. The molecular weight excluding hydrogens is 204 g/mol. The number of hydrogen-bond acceptors (Lipinski definition) is 3. The number of amides is 2. The van der Waals surface area contributed by atoms with Gasteiger partial charge in [-0.1, -0.05) is 6.07 Å². The fraction of sp³-hybridized carbons (Fsp3) is 0.455. The van der Waals surface area contributed by atoms with E-state index in [9.17, 15) is 4.79 Å². The highest BCUT2D eigenvalue weighted by Gasteiger charge is 1.94. The van der Waals surface area contributed by atoms with Crippen molar-refractivity contribution in [3.8, 4) is 0 Å². The number of rotatable bonds is 6. The van der Waals surface area contributed by atoms with E-state index in [0.717, 1.165) is 25.2 Å². The Labute approximate surface area is 95.7 Å². The smallest absolute Gasteiger partial charge is 0.314 e. The van der Waals surface area contributed by atoms with Crippen LogP contribution in [-0.4, -0.2) is 31.2 Å². The maximum atomic E-state index is 10.8. The number of hydrogen-bond donors (Lipinski definition) is 3. The highest BCUT2D eigenvalue weighted by atomic mass is 16.2. The van der Waals surface area contributed by atoms with Crippen molar-refractivity contribution in [2.75, 3.05) is 25.5 Å². The van der Waals surface area contributed by atoms with Gasteiger partial charge < -0.3 is 16.0 Å². The Morgan fingerprint density at radius 2 is 2.12 bits per heavy atom. The third-order valence-corrected chi connectivity index (χ3v) is 2.09. The summed E-state index contributed by atoms with van der Waals surface area (Å²) in [5.74, 6) is 0.891. The van der Waals surface area contributed by atoms with Crippen molar-refractivity contribution in [3.63, 3.8) is 0 Å². The zero-order chi connectivity index (χ0) is 11.6. The molecule has 0 fully saturated rings. The molecule has 1 aromatic heterocycles. The highest BCUT2D eigenvalue weighted by Crippen LogP contribution is 1.99. The molecule has 1 rings (SSSR count). The number of nitrogens with zero attached hydrogens (tertiary/aromatic N) is 1. The van der Waals surface area contributed by atoms with Crippen LogP contribution in [-0.2, 0) is 0 Å². The van der Waals surface area contributed by atoms with Gasteiger partial charge in [0.25, 0.3) is 0 Å². The van der Waals surface area contributed by atoms with Gasteiger partial charge in [-0.05, 0) is 25.0 Å². The number of unbranched alkanes of at least 4 members (excludes halogenated alkanes) is 1. The predicted molar refractivity (Wildman–Crippen MR) is 64.4 cm³/mol. The number of urea groups is 1. The number of anilines is 1. The van der Waals surface area contributed by atoms with Crippen molar-refractivity contribution in [1.29, 1.82) is 0 Å². The van der Waals surface area contributed by atoms with Gasteiger partial charge in [0.15, 0.2) is 0 Å². The Morgan fingerprint density at radius 3 is 2.81 bits per heavy atom. The van der Waals surface area contributed by atoms with Crippen molar-refractivity contribution in [2.24, 2.45) is 0 Å². The molecule has 1 aromatic rings. The van der Waals surface area contributed by atoms with Crippen LogP contribution in [0.1, 0.15) is 12.8 Å². The van der Waals surface area contributed by atoms with Crippen LogP contribution in [0.4, 0.5) is 10.6 Å². The third-order valence-electron chi connectivity index (χ3n) is 2.09. The molecule has 0 unspecified atom stereocenters. The van der Waals surface area contributed by atoms with Crippen LogP contribution in [0.2, 0.25) is 0 Å². The van der Waals surface area contributed by atoms with Gasteiger partial charge >= 0.3 is 6.03 Å². The van der Waals surface area contributed by atoms with E-state index in [1.165, 1.54) is 0 Å². The minimum Gasteiger partial charge on any atom is -0.370 e. The van der Waals surface area contributed by atoms with E-state index in [2.05, 4.69) is 20.9 Å². The molecule has 0 saturated carbocycles. The average molecular weight is 222 g/mol. The zero-order valence-corrected chi connectivity index (χ0v) is 9.49. The summed E-state index contributed by atoms with van der Waals surface area (Å²) in [5.41, 5.74) is 0. The quantitative estimate of drug-likeness (QED) is 0.634. The second kappa shape index (κ2) is 7.50. The Balaban J connectivity index is 1.98. The molecule has 16 heavy (non-hydrogen) atoms. The first-order valence-electron chi connectivity index (χ1n) is 5.43. The lowest BCUT2D eigenvalue weighted by molar-refractivity contribution is 0.242. The number of aromatic nitrogens is 1. The van der Waals surface area contributed by atoms with Crippen LogP contribution in [0.25, 0.3) is 0 Å². The summed E-state index contributed by atoms with van der Waals surface area (Å²) < 4.78 is 0. The average Bonchev–Trinajstić information content (AvgIpc) is 2.34. The number of carbonyl (C=O) groups excluding carboxylic acids is 1. The van der Waals surface area contributed by atoms with Crippen molar-refractivity contribution >= 4 is 11.8 Å². The third kappa shape index (κ3) is 5.19. The maximum Gasteiger partial charge on any atom is 0.314 e. The van der Waals surface area contributed by atoms with E-state index in [-0.39, 0.29) is 6.03 Å². The molecule has 0 spiro atoms. The van der Waals surface area contributed by atoms with E-state index in [0.29, 0.717) is 6.54 Å². The molecule has 0 radical (unpaired) electrons. The summed E-state index contributed by atoms with van der Waals surface area (Å²) >= 11 is 0. The molecule has 0 atom stereocenters. The second-order valence-electron chi connectivity index (χ2n) is 3.35. The van der Waals surface area contributed by atoms with E-state index in [1.54, 1.807) is 13.2 Å². The molecular formula is C11H18N4O. The number of pyridine rings is 1. The molecule has 5 nitrogen and oxygen atoms in total. The van der Waals surface area contributed by atoms with Crippen molar-refractivity contribution < 1.29 is 4.79 Å². The molecule has 0 aliphatic heterocycles. The molecule has 5 heteroatoms. The predicted octanol–water partition coefficient (Wildman–Crippen LogP) is 1.20. The standard InChI is InChI=1S/C11H18N4O/c1-12-11(16)15-9-5-4-8-14-10-6-2-3-7-13-10/h2-3,6-7H,4-5,8-9H2,1H3,(H,13,14)(H2,12,15,16). The van der Waals surface area contributed by atoms with Gasteiger partial charge in [-0.3, -0.25) is 0 Å². The first kappa shape index (κ1) is 12.3. The largest absolute Gasteiger partial charge is 0.370 e. The van der Waals surface area contributed by atoms with Crippen molar-refractivity contribution in [2.45, 2.75) is 12.8 Å². The van der Waals surface area contributed by atoms with Gasteiger partial charge in [0.1, 0.15) is 5.82 Å². The van der Waals surface area contributed by atoms with Gasteiger partial charge in [0.2, 0.25) is 0 Å². The highest BCUT2D eigenvalue weighted by molar-refractivity contribution is 5.73. The fourth-order valence-corrected chi connectivity index (χ4v) is 1.22.